The van der Waals surface area contributed by atoms with Crippen molar-refractivity contribution in [2.75, 3.05) is 0 Å². The van der Waals surface area contributed by atoms with E-state index in [1.54, 1.807) is 0 Å². The Hall–Kier alpha value is -4.27. The van der Waals surface area contributed by atoms with E-state index < -0.39 is 0 Å². The van der Waals surface area contributed by atoms with Gasteiger partial charge in [0.2, 0.25) is 5.82 Å². The predicted molar refractivity (Wildman–Crippen MR) is 148 cm³/mol. The van der Waals surface area contributed by atoms with Crippen LogP contribution >= 0.6 is 0 Å². The maximum atomic E-state index is 13.8. The summed E-state index contributed by atoms with van der Waals surface area (Å²) in [5.74, 6) is 1.82. The van der Waals surface area contributed by atoms with Crippen LogP contribution in [0.25, 0.3) is 28.3 Å². The maximum absolute atomic E-state index is 13.8. The monoisotopic (exact) mass is 510 g/mol. The molecule has 0 amide bonds. The van der Waals surface area contributed by atoms with Crippen LogP contribution in [0.4, 0.5) is 0 Å². The number of tetrazole rings is 1. The molecule has 4 heterocycles. The molecule has 0 saturated carbocycles. The van der Waals surface area contributed by atoms with Gasteiger partial charge in [-0.2, -0.15) is 5.21 Å². The van der Waals surface area contributed by atoms with E-state index in [-0.39, 0.29) is 5.69 Å². The second-order valence-corrected chi connectivity index (χ2v) is 9.82. The van der Waals surface area contributed by atoms with Gasteiger partial charge in [-0.25, -0.2) is 4.79 Å². The van der Waals surface area contributed by atoms with Crippen LogP contribution in [0.3, 0.4) is 0 Å². The summed E-state index contributed by atoms with van der Waals surface area (Å²) in [5, 5.41) is 14.5. The first kappa shape index (κ1) is 25.4. The smallest absolute Gasteiger partial charge is 0.334 e. The third-order valence-corrected chi connectivity index (χ3v) is 6.97. The number of rotatable bonds is 10. The SMILES string of the molecule is CCCCc1cn(-c2c(C(C)C)ccn2CC)c(=O)n1Cc1ccc(-c2ccccc2-c2nn[nH]n2)cn1. The third kappa shape index (κ3) is 4.83. The highest BCUT2D eigenvalue weighted by molar-refractivity contribution is 5.79. The number of aromatic amines is 1. The topological polar surface area (TPSA) is 99.2 Å². The summed E-state index contributed by atoms with van der Waals surface area (Å²) >= 11 is 0. The second kappa shape index (κ2) is 11.0. The molecule has 0 aliphatic rings. The number of hydrogen-bond acceptors (Lipinski definition) is 5. The Morgan fingerprint density at radius 3 is 2.50 bits per heavy atom. The van der Waals surface area contributed by atoms with E-state index in [9.17, 15) is 4.79 Å². The number of pyridine rings is 1. The molecule has 38 heavy (non-hydrogen) atoms. The number of imidazole rings is 1. The molecule has 0 spiro atoms. The van der Waals surface area contributed by atoms with Crippen molar-refractivity contribution in [3.05, 3.63) is 88.5 Å². The number of unbranched alkanes of at least 4 members (excludes halogenated alkanes) is 1. The predicted octanol–water partition coefficient (Wildman–Crippen LogP) is 5.22. The minimum Gasteiger partial charge on any atom is -0.334 e. The molecule has 1 aromatic carbocycles. The summed E-state index contributed by atoms with van der Waals surface area (Å²) in [7, 11) is 0. The molecule has 0 saturated heterocycles. The van der Waals surface area contributed by atoms with Gasteiger partial charge < -0.3 is 4.57 Å². The third-order valence-electron chi connectivity index (χ3n) is 6.97. The van der Waals surface area contributed by atoms with Gasteiger partial charge in [-0.3, -0.25) is 14.1 Å². The van der Waals surface area contributed by atoms with E-state index in [0.29, 0.717) is 18.3 Å². The van der Waals surface area contributed by atoms with Crippen molar-refractivity contribution in [2.45, 2.75) is 66.0 Å². The standard InChI is InChI=1S/C29H34N8O/c1-5-7-10-23-19-37(28-24(20(3)4)15-16-35(28)6-2)29(38)36(23)18-22-14-13-21(17-30-22)25-11-8-9-12-26(25)27-31-33-34-32-27/h8-9,11-17,19-20H,5-7,10,18H2,1-4H3,(H,31,32,33,34). The number of benzene rings is 1. The minimum atomic E-state index is -0.0280. The van der Waals surface area contributed by atoms with Gasteiger partial charge in [0.1, 0.15) is 5.82 Å². The molecule has 1 N–H and O–H groups in total. The Kier molecular flexibility index (Phi) is 7.35. The Labute approximate surface area is 222 Å². The lowest BCUT2D eigenvalue weighted by Gasteiger charge is -2.12. The fourth-order valence-electron chi connectivity index (χ4n) is 4.91. The molecule has 196 valence electrons. The number of nitrogens with one attached hydrogen (secondary N) is 1. The molecular weight excluding hydrogens is 476 g/mol. The van der Waals surface area contributed by atoms with Crippen LogP contribution in [0.2, 0.25) is 0 Å². The van der Waals surface area contributed by atoms with Gasteiger partial charge in [-0.1, -0.05) is 57.5 Å². The highest BCUT2D eigenvalue weighted by atomic mass is 16.1. The van der Waals surface area contributed by atoms with Crippen LogP contribution in [0.5, 0.6) is 0 Å². The fourth-order valence-corrected chi connectivity index (χ4v) is 4.91. The first-order chi connectivity index (χ1) is 18.5. The molecule has 9 nitrogen and oxygen atoms in total. The Balaban J connectivity index is 1.50. The molecule has 5 aromatic rings. The highest BCUT2D eigenvalue weighted by Gasteiger charge is 2.20. The van der Waals surface area contributed by atoms with Gasteiger partial charge in [0, 0.05) is 42.0 Å². The lowest BCUT2D eigenvalue weighted by Crippen LogP contribution is -2.27. The van der Waals surface area contributed by atoms with Crippen molar-refractivity contribution in [3.8, 4) is 28.3 Å². The Morgan fingerprint density at radius 2 is 1.84 bits per heavy atom. The summed E-state index contributed by atoms with van der Waals surface area (Å²) in [6, 6.07) is 14.1. The normalized spacial score (nSPS) is 11.5. The van der Waals surface area contributed by atoms with Gasteiger partial charge in [0.15, 0.2) is 0 Å². The number of hydrogen-bond donors (Lipinski definition) is 1. The van der Waals surface area contributed by atoms with E-state index in [0.717, 1.165) is 59.7 Å². The number of nitrogens with zero attached hydrogens (tertiary/aromatic N) is 7. The number of H-pyrrole nitrogens is 1. The summed E-state index contributed by atoms with van der Waals surface area (Å²) < 4.78 is 5.86. The molecule has 4 aromatic heterocycles. The summed E-state index contributed by atoms with van der Waals surface area (Å²) in [6.07, 6.45) is 8.89. The molecule has 0 aliphatic carbocycles. The molecular formula is C29H34N8O. The lowest BCUT2D eigenvalue weighted by molar-refractivity contribution is 0.654. The zero-order valence-corrected chi connectivity index (χ0v) is 22.4. The van der Waals surface area contributed by atoms with E-state index >= 15 is 0 Å². The zero-order valence-electron chi connectivity index (χ0n) is 22.4. The van der Waals surface area contributed by atoms with E-state index in [2.05, 4.69) is 65.1 Å². The quantitative estimate of drug-likeness (QED) is 0.278. The largest absolute Gasteiger partial charge is 0.334 e. The highest BCUT2D eigenvalue weighted by Crippen LogP contribution is 2.29. The first-order valence-electron chi connectivity index (χ1n) is 13.3. The molecule has 0 aliphatic heterocycles. The Bertz CT molecular complexity index is 1560. The molecule has 0 radical (unpaired) electrons. The van der Waals surface area contributed by atoms with E-state index in [1.165, 1.54) is 5.56 Å². The molecule has 0 atom stereocenters. The van der Waals surface area contributed by atoms with Crippen LogP contribution in [0, 0.1) is 0 Å². The zero-order chi connectivity index (χ0) is 26.6. The van der Waals surface area contributed by atoms with Gasteiger partial charge in [-0.15, -0.1) is 10.2 Å². The molecule has 0 unspecified atom stereocenters. The summed E-state index contributed by atoms with van der Waals surface area (Å²) in [5.41, 5.74) is 5.82. The molecule has 9 heteroatoms. The van der Waals surface area contributed by atoms with E-state index in [4.69, 9.17) is 4.98 Å². The lowest BCUT2D eigenvalue weighted by atomic mass is 10.0. The minimum absolute atomic E-state index is 0.0280. The Morgan fingerprint density at radius 1 is 1.03 bits per heavy atom. The van der Waals surface area contributed by atoms with Crippen LogP contribution < -0.4 is 5.69 Å². The molecule has 0 fully saturated rings. The molecule has 0 bridgehead atoms. The van der Waals surface area contributed by atoms with Crippen molar-refractivity contribution in [1.29, 1.82) is 0 Å². The molecule has 5 rings (SSSR count). The first-order valence-corrected chi connectivity index (χ1v) is 13.3. The van der Waals surface area contributed by atoms with Crippen LogP contribution in [0.1, 0.15) is 63.4 Å². The average molecular weight is 511 g/mol. The van der Waals surface area contributed by atoms with Crippen LogP contribution in [0.15, 0.2) is 65.8 Å². The number of aryl methyl sites for hydroxylation is 2. The van der Waals surface area contributed by atoms with Crippen LogP contribution in [-0.4, -0.2) is 39.3 Å². The van der Waals surface area contributed by atoms with Crippen LogP contribution in [-0.2, 0) is 19.5 Å². The van der Waals surface area contributed by atoms with Gasteiger partial charge >= 0.3 is 5.69 Å². The fraction of sp³-hybridized carbons (Fsp3) is 0.345. The van der Waals surface area contributed by atoms with Gasteiger partial charge in [0.05, 0.1) is 12.2 Å². The van der Waals surface area contributed by atoms with Crippen molar-refractivity contribution >= 4 is 0 Å². The van der Waals surface area contributed by atoms with Crippen molar-refractivity contribution in [1.82, 2.24) is 39.3 Å². The van der Waals surface area contributed by atoms with E-state index in [1.807, 2.05) is 57.9 Å². The van der Waals surface area contributed by atoms with Gasteiger partial charge in [0.25, 0.3) is 0 Å². The average Bonchev–Trinajstić information content (AvgIpc) is 3.68. The van der Waals surface area contributed by atoms with Crippen molar-refractivity contribution in [2.24, 2.45) is 0 Å². The number of aromatic nitrogens is 8. The van der Waals surface area contributed by atoms with Gasteiger partial charge in [-0.05, 0) is 54.2 Å². The maximum Gasteiger partial charge on any atom is 0.334 e. The van der Waals surface area contributed by atoms with Crippen molar-refractivity contribution < 1.29 is 0 Å². The second-order valence-electron chi connectivity index (χ2n) is 9.82. The summed E-state index contributed by atoms with van der Waals surface area (Å²) in [6.45, 7) is 9.84. The van der Waals surface area contributed by atoms with Crippen molar-refractivity contribution in [3.63, 3.8) is 0 Å². The summed E-state index contributed by atoms with van der Waals surface area (Å²) in [4.78, 5) is 18.6.